The van der Waals surface area contributed by atoms with E-state index in [1.165, 1.54) is 30.1 Å². The number of benzene rings is 1. The third-order valence-corrected chi connectivity index (χ3v) is 5.38. The van der Waals surface area contributed by atoms with Gasteiger partial charge in [-0.25, -0.2) is 5.84 Å². The Morgan fingerprint density at radius 1 is 1.17 bits per heavy atom. The molecule has 0 aliphatic carbocycles. The Morgan fingerprint density at radius 3 is 2.40 bits per heavy atom. The van der Waals surface area contributed by atoms with Gasteiger partial charge in [0.15, 0.2) is 0 Å². The Hall–Kier alpha value is -2.10. The van der Waals surface area contributed by atoms with Crippen LogP contribution in [0, 0.1) is 6.92 Å². The molecule has 2 amide bonds. The van der Waals surface area contributed by atoms with Crippen LogP contribution >= 0.6 is 50.7 Å². The van der Waals surface area contributed by atoms with Crippen molar-refractivity contribution in [3.63, 3.8) is 0 Å². The van der Waals surface area contributed by atoms with E-state index >= 15 is 0 Å². The highest BCUT2D eigenvalue weighted by Gasteiger charge is 2.23. The van der Waals surface area contributed by atoms with Gasteiger partial charge in [0, 0.05) is 35.1 Å². The van der Waals surface area contributed by atoms with Crippen molar-refractivity contribution in [3.8, 4) is 5.69 Å². The molecule has 2 heterocycles. The molecule has 3 aromatic rings. The number of rotatable bonds is 4. The number of carbonyl (C=O) groups is 2. The lowest BCUT2D eigenvalue weighted by Gasteiger charge is -2.18. The van der Waals surface area contributed by atoms with E-state index in [9.17, 15) is 9.59 Å². The first-order valence-electron chi connectivity index (χ1n) is 8.41. The van der Waals surface area contributed by atoms with Gasteiger partial charge in [-0.3, -0.25) is 19.6 Å². The fourth-order valence-electron chi connectivity index (χ4n) is 2.87. The quantitative estimate of drug-likeness (QED) is 0.278. The molecule has 0 fully saturated rings. The zero-order chi connectivity index (χ0) is 22.2. The van der Waals surface area contributed by atoms with Gasteiger partial charge >= 0.3 is 0 Å². The molecule has 0 atom stereocenters. The fourth-order valence-corrected chi connectivity index (χ4v) is 4.11. The largest absolute Gasteiger partial charge is 0.320 e. The molecule has 3 rings (SSSR count). The van der Waals surface area contributed by atoms with Crippen molar-refractivity contribution >= 4 is 68.2 Å². The van der Waals surface area contributed by atoms with E-state index in [0.29, 0.717) is 26.4 Å². The predicted octanol–water partition coefficient (Wildman–Crippen LogP) is 5.10. The van der Waals surface area contributed by atoms with Gasteiger partial charge in [-0.1, -0.05) is 34.8 Å². The monoisotopic (exact) mass is 529 g/mol. The van der Waals surface area contributed by atoms with E-state index in [0.717, 1.165) is 5.01 Å². The summed E-state index contributed by atoms with van der Waals surface area (Å²) in [5.74, 6) is 4.59. The average molecular weight is 532 g/mol. The second-order valence-electron chi connectivity index (χ2n) is 6.38. The molecule has 0 radical (unpaired) electrons. The normalized spacial score (nSPS) is 10.8. The number of aryl methyl sites for hydroxylation is 1. The molecule has 0 bridgehead atoms. The number of nitrogens with zero attached hydrogens (tertiary/aromatic N) is 3. The van der Waals surface area contributed by atoms with Crippen molar-refractivity contribution in [1.82, 2.24) is 14.6 Å². The van der Waals surface area contributed by atoms with Gasteiger partial charge in [0.25, 0.3) is 11.8 Å². The number of hydrogen-bond acceptors (Lipinski definition) is 4. The molecule has 0 saturated heterocycles. The van der Waals surface area contributed by atoms with Crippen molar-refractivity contribution in [2.75, 3.05) is 12.4 Å². The molecule has 0 spiro atoms. The second-order valence-corrected chi connectivity index (χ2v) is 8.55. The maximum Gasteiger partial charge on any atom is 0.272 e. The van der Waals surface area contributed by atoms with Crippen LogP contribution < -0.4 is 11.2 Å². The van der Waals surface area contributed by atoms with Crippen LogP contribution in [0.1, 0.15) is 26.4 Å². The van der Waals surface area contributed by atoms with Gasteiger partial charge in [0.05, 0.1) is 27.0 Å². The Kier molecular flexibility index (Phi) is 6.74. The van der Waals surface area contributed by atoms with Gasteiger partial charge in [-0.2, -0.15) is 0 Å². The summed E-state index contributed by atoms with van der Waals surface area (Å²) >= 11 is 22.0. The average Bonchev–Trinajstić information content (AvgIpc) is 3.04. The SMILES string of the molecule is Cc1cc(Cl)cc(C(=O)N(C)N)c1NC(=O)c1cc(Br)cn1-c1c(Cl)cncc1Cl. The van der Waals surface area contributed by atoms with E-state index in [4.69, 9.17) is 40.6 Å². The standard InChI is InChI=1S/C19H15BrCl3N5O2/c1-9-3-11(21)5-12(19(30)27(2)24)16(9)26-18(29)15-4-10(20)8-28(15)17-13(22)6-25-7-14(17)23/h3-8H,24H2,1-2H3,(H,26,29). The molecule has 3 N–H and O–H groups in total. The zero-order valence-electron chi connectivity index (χ0n) is 15.7. The van der Waals surface area contributed by atoms with Gasteiger partial charge < -0.3 is 9.88 Å². The van der Waals surface area contributed by atoms with Crippen LogP contribution in [0.3, 0.4) is 0 Å². The lowest BCUT2D eigenvalue weighted by Crippen LogP contribution is -2.34. The summed E-state index contributed by atoms with van der Waals surface area (Å²) in [6.45, 7) is 1.72. The minimum Gasteiger partial charge on any atom is -0.320 e. The lowest BCUT2D eigenvalue weighted by molar-refractivity contribution is 0.0796. The smallest absolute Gasteiger partial charge is 0.272 e. The third kappa shape index (κ3) is 4.48. The molecule has 2 aromatic heterocycles. The number of aromatic nitrogens is 2. The van der Waals surface area contributed by atoms with Crippen LogP contribution in [0.2, 0.25) is 15.1 Å². The van der Waals surface area contributed by atoms with Gasteiger partial charge in [0.1, 0.15) is 5.69 Å². The molecular formula is C19H15BrCl3N5O2. The van der Waals surface area contributed by atoms with Crippen molar-refractivity contribution in [3.05, 3.63) is 73.2 Å². The third-order valence-electron chi connectivity index (χ3n) is 4.18. The van der Waals surface area contributed by atoms with Crippen molar-refractivity contribution in [1.29, 1.82) is 0 Å². The number of halogens is 4. The number of nitrogens with one attached hydrogen (secondary N) is 1. The topological polar surface area (TPSA) is 93.3 Å². The Bertz CT molecular complexity index is 1140. The fraction of sp³-hybridized carbons (Fsp3) is 0.105. The number of hydrogen-bond donors (Lipinski definition) is 2. The highest BCUT2D eigenvalue weighted by atomic mass is 79.9. The summed E-state index contributed by atoms with van der Waals surface area (Å²) in [5, 5.41) is 4.57. The summed E-state index contributed by atoms with van der Waals surface area (Å²) < 4.78 is 2.16. The van der Waals surface area contributed by atoms with Gasteiger partial charge in [0.2, 0.25) is 0 Å². The molecular weight excluding hydrogens is 517 g/mol. The van der Waals surface area contributed by atoms with Crippen molar-refractivity contribution in [2.24, 2.45) is 5.84 Å². The summed E-state index contributed by atoms with van der Waals surface area (Å²) in [6.07, 6.45) is 4.50. The number of amides is 2. The van der Waals surface area contributed by atoms with Crippen LogP contribution in [-0.4, -0.2) is 33.4 Å². The zero-order valence-corrected chi connectivity index (χ0v) is 19.6. The van der Waals surface area contributed by atoms with Crippen LogP contribution in [0.4, 0.5) is 5.69 Å². The molecule has 7 nitrogen and oxygen atoms in total. The van der Waals surface area contributed by atoms with Crippen molar-refractivity contribution in [2.45, 2.75) is 6.92 Å². The molecule has 0 unspecified atom stereocenters. The van der Waals surface area contributed by atoms with Crippen LogP contribution in [0.15, 0.2) is 41.3 Å². The van der Waals surface area contributed by atoms with Crippen LogP contribution in [-0.2, 0) is 0 Å². The predicted molar refractivity (Wildman–Crippen MR) is 122 cm³/mol. The van der Waals surface area contributed by atoms with Crippen LogP contribution in [0.5, 0.6) is 0 Å². The minimum atomic E-state index is -0.507. The first-order valence-corrected chi connectivity index (χ1v) is 10.3. The van der Waals surface area contributed by atoms with E-state index in [-0.39, 0.29) is 21.3 Å². The Labute approximate surface area is 195 Å². The number of anilines is 1. The minimum absolute atomic E-state index is 0.162. The Balaban J connectivity index is 2.09. The highest BCUT2D eigenvalue weighted by Crippen LogP contribution is 2.32. The summed E-state index contributed by atoms with van der Waals surface area (Å²) in [5.41, 5.74) is 1.68. The maximum absolute atomic E-state index is 13.2. The first kappa shape index (κ1) is 22.6. The Morgan fingerprint density at radius 2 is 1.80 bits per heavy atom. The summed E-state index contributed by atoms with van der Waals surface area (Å²) in [4.78, 5) is 29.6. The van der Waals surface area contributed by atoms with Crippen molar-refractivity contribution < 1.29 is 9.59 Å². The molecule has 0 aliphatic heterocycles. The number of nitrogens with two attached hydrogens (primary N) is 1. The summed E-state index contributed by atoms with van der Waals surface area (Å²) in [7, 11) is 1.40. The van der Waals surface area contributed by atoms with E-state index in [1.807, 2.05) is 0 Å². The number of carbonyl (C=O) groups excluding carboxylic acids is 2. The lowest BCUT2D eigenvalue weighted by atomic mass is 10.1. The van der Waals surface area contributed by atoms with E-state index < -0.39 is 11.8 Å². The molecule has 156 valence electrons. The second kappa shape index (κ2) is 8.95. The van der Waals surface area contributed by atoms with E-state index in [1.54, 1.807) is 25.3 Å². The van der Waals surface area contributed by atoms with Gasteiger partial charge in [-0.05, 0) is 46.6 Å². The van der Waals surface area contributed by atoms with Crippen LogP contribution in [0.25, 0.3) is 5.69 Å². The molecule has 0 aliphatic rings. The first-order chi connectivity index (χ1) is 14.1. The highest BCUT2D eigenvalue weighted by molar-refractivity contribution is 9.10. The molecule has 1 aromatic carbocycles. The molecule has 30 heavy (non-hydrogen) atoms. The molecule has 11 heteroatoms. The van der Waals surface area contributed by atoms with E-state index in [2.05, 4.69) is 26.2 Å². The van der Waals surface area contributed by atoms with Gasteiger partial charge in [-0.15, -0.1) is 0 Å². The molecule has 0 saturated carbocycles. The maximum atomic E-state index is 13.2. The number of hydrazine groups is 1. The number of pyridine rings is 1. The summed E-state index contributed by atoms with van der Waals surface area (Å²) in [6, 6.07) is 4.68.